The van der Waals surface area contributed by atoms with Crippen LogP contribution >= 0.6 is 0 Å². The Labute approximate surface area is 685 Å². The van der Waals surface area contributed by atoms with Gasteiger partial charge in [-0.25, -0.2) is 14.4 Å². The number of ether oxygens (including phenoxy) is 4. The van der Waals surface area contributed by atoms with E-state index in [4.69, 9.17) is 18.9 Å². The second kappa shape index (κ2) is 33.9. The number of aromatic nitrogens is 1. The molecule has 10 heterocycles. The Hall–Kier alpha value is -14.3. The summed E-state index contributed by atoms with van der Waals surface area (Å²) in [5, 5.41) is 38.2. The van der Waals surface area contributed by atoms with Gasteiger partial charge in [-0.05, 0) is 145 Å². The maximum absolute atomic E-state index is 13.1. The van der Waals surface area contributed by atoms with Crippen LogP contribution in [0.2, 0.25) is 0 Å². The van der Waals surface area contributed by atoms with Gasteiger partial charge in [0.1, 0.15) is 34.8 Å². The van der Waals surface area contributed by atoms with E-state index in [1.54, 1.807) is 66.9 Å². The third-order valence-electron chi connectivity index (χ3n) is 22.5. The van der Waals surface area contributed by atoms with Crippen LogP contribution in [-0.2, 0) is 34.0 Å². The molecule has 9 aliphatic heterocycles. The highest BCUT2D eigenvalue weighted by Crippen LogP contribution is 2.42. The van der Waals surface area contributed by atoms with Gasteiger partial charge in [0.15, 0.2) is 5.84 Å². The second-order valence-corrected chi connectivity index (χ2v) is 29.8. The highest BCUT2D eigenvalue weighted by Gasteiger charge is 2.52. The number of hydrogen-bond donors (Lipinski definition) is 8. The molecule has 0 radical (unpaired) electrons. The third-order valence-corrected chi connectivity index (χ3v) is 22.5. The van der Waals surface area contributed by atoms with Crippen LogP contribution in [0.1, 0.15) is 107 Å². The molecule has 606 valence electrons. The number of anilines is 1. The molecule has 0 bridgehead atoms. The lowest BCUT2D eigenvalue weighted by Crippen LogP contribution is -2.54. The fourth-order valence-electron chi connectivity index (χ4n) is 15.9. The Bertz CT molecular complexity index is 5620. The third kappa shape index (κ3) is 16.6. The van der Waals surface area contributed by atoms with Crippen LogP contribution < -0.4 is 55.7 Å². The number of nitrogens with one attached hydrogen (secondary N) is 6. The molecule has 17 rings (SSSR count). The Balaban J connectivity index is 0.000000140. The number of aliphatic hydroxyl groups excluding tert-OH is 1. The first-order valence-electron chi connectivity index (χ1n) is 38.8. The number of carbonyl (C=O) groups excluding carboxylic acids is 9. The van der Waals surface area contributed by atoms with Crippen LogP contribution in [0.15, 0.2) is 175 Å². The van der Waals surface area contributed by atoms with Crippen molar-refractivity contribution in [3.63, 3.8) is 0 Å². The Morgan fingerprint density at radius 1 is 0.529 bits per heavy atom. The summed E-state index contributed by atoms with van der Waals surface area (Å²) in [7, 11) is 4.59. The van der Waals surface area contributed by atoms with E-state index >= 15 is 0 Å². The highest BCUT2D eigenvalue weighted by molar-refractivity contribution is 6.12. The van der Waals surface area contributed by atoms with E-state index in [1.807, 2.05) is 103 Å². The van der Waals surface area contributed by atoms with Crippen molar-refractivity contribution in [1.29, 1.82) is 0 Å². The molecule has 30 nitrogen and oxygen atoms in total. The first kappa shape index (κ1) is 80.0. The minimum absolute atomic E-state index is 0.0184. The molecule has 12 amide bonds. The maximum atomic E-state index is 13.1. The molecule has 8 N–H and O–H groups in total. The molecule has 0 aliphatic carbocycles. The summed E-state index contributed by atoms with van der Waals surface area (Å²) in [6.07, 6.45) is 1.50. The zero-order valence-electron chi connectivity index (χ0n) is 65.9. The van der Waals surface area contributed by atoms with Gasteiger partial charge in [0.25, 0.3) is 35.4 Å². The van der Waals surface area contributed by atoms with Crippen LogP contribution in [0, 0.1) is 35.5 Å². The van der Waals surface area contributed by atoms with E-state index in [9.17, 15) is 53.5 Å². The highest BCUT2D eigenvalue weighted by atomic mass is 16.5. The number of imide groups is 3. The molecule has 0 spiro atoms. The normalized spacial score (nSPS) is 21.0. The predicted octanol–water partition coefficient (Wildman–Crippen LogP) is 5.99. The molecule has 2 unspecified atom stereocenters. The summed E-state index contributed by atoms with van der Waals surface area (Å²) in [6, 6.07) is 48.0. The van der Waals surface area contributed by atoms with Gasteiger partial charge in [0, 0.05) is 134 Å². The number of oxime groups is 1. The minimum Gasteiger partial charge on any atom is -0.497 e. The SMILES string of the molecule is CCN1CCN(C(CO)c2ccc(C#C[C@]3(CN4Cc5ccc(OC)cc5C4=O)NC(=O)NC3=O)cc2)CC1.COc1ccc2c(c1)C(=O)N(C[C@@]1(C#Cc3ccc(C(=NO)N4CCN(c5ccccc5)CC4)cc3)NC(=O)NC1=O)C2.COc1ccc2c(c1)C(=O)N(C[C@@]1(C#Cc3ccc4c(c3)C(C)Oc3cccnc3-4)NC(=O)NC1=O)C2. The standard InChI is InChI=1S/C32H30N6O5.C29H33N5O5.C28H22N4O5/c1-43-26-12-11-24-20-38(29(39)27(24)19-26)21-32(30(40)33-31(41)34-32)14-13-22-7-9-23(10-8-22)28(35-42)37-17-15-36(16-18-37)25-5-3-2-4-6-25;1-3-32-12-14-33(15-13-32)25(18-35)21-6-4-20(5-7-21)10-11-29(27(37)30-28(38)31-29)19-34-17-22-8-9-23(39-2)16-24(22)26(34)36;1-16-21-12-17(5-8-20(21)24-23(37-16)4-3-11-29-24)9-10-28(26(34)30-27(35)31-28)15-32-14-18-6-7-19(36-2)13-22(18)25(32)33/h2-12,19,42H,15-18,20-21H2,1H3,(H2,33,34,40,41);4-9,16,25,35H,3,12-15,17-19H2,1-2H3,(H2,30,31,37,38);3-8,11-13,16H,14-15H2,1-2H3,(H2,30,31,34,35)/t32-;25?,29-;16?,28-/m111/s1. The summed E-state index contributed by atoms with van der Waals surface area (Å²) in [5.74, 6) is 18.2. The van der Waals surface area contributed by atoms with Crippen LogP contribution in [0.4, 0.5) is 20.1 Å². The number of pyridine rings is 1. The Kier molecular flexibility index (Phi) is 22.8. The molecule has 0 saturated carbocycles. The number of methoxy groups -OCH3 is 3. The van der Waals surface area contributed by atoms with E-state index in [1.165, 1.54) is 36.0 Å². The number of para-hydroxylation sites is 1. The second-order valence-electron chi connectivity index (χ2n) is 29.8. The fraction of sp³-hybridized carbons (Fsp3) is 0.292. The van der Waals surface area contributed by atoms with Gasteiger partial charge < -0.3 is 74.6 Å². The fourth-order valence-corrected chi connectivity index (χ4v) is 15.9. The molecule has 5 atom stereocenters. The lowest BCUT2D eigenvalue weighted by Gasteiger charge is -2.38. The minimum atomic E-state index is -1.62. The lowest BCUT2D eigenvalue weighted by molar-refractivity contribution is -0.123. The van der Waals surface area contributed by atoms with Crippen molar-refractivity contribution in [2.45, 2.75) is 62.2 Å². The molecule has 9 aliphatic rings. The zero-order valence-corrected chi connectivity index (χ0v) is 65.9. The summed E-state index contributed by atoms with van der Waals surface area (Å²) in [6.45, 7) is 12.4. The van der Waals surface area contributed by atoms with Crippen molar-refractivity contribution in [3.05, 3.63) is 237 Å². The number of fused-ring (bicyclic) bond motifs is 6. The zero-order chi connectivity index (χ0) is 83.3. The number of amides is 12. The van der Waals surface area contributed by atoms with E-state index in [2.05, 4.69) is 111 Å². The molecule has 1 aromatic heterocycles. The number of carbonyl (C=O) groups is 9. The number of amidine groups is 1. The van der Waals surface area contributed by atoms with Crippen molar-refractivity contribution >= 4 is 65.1 Å². The van der Waals surface area contributed by atoms with Crippen LogP contribution in [0.3, 0.4) is 0 Å². The van der Waals surface area contributed by atoms with Gasteiger partial charge in [-0.15, -0.1) is 0 Å². The van der Waals surface area contributed by atoms with Gasteiger partial charge in [-0.3, -0.25) is 54.6 Å². The number of piperazine rings is 2. The van der Waals surface area contributed by atoms with Gasteiger partial charge in [-0.2, -0.15) is 0 Å². The molecule has 5 saturated heterocycles. The molecule has 8 aromatic rings. The van der Waals surface area contributed by atoms with E-state index in [0.29, 0.717) is 82.6 Å². The first-order chi connectivity index (χ1) is 57.6. The van der Waals surface area contributed by atoms with Crippen LogP contribution in [0.5, 0.6) is 23.0 Å². The predicted molar refractivity (Wildman–Crippen MR) is 436 cm³/mol. The summed E-state index contributed by atoms with van der Waals surface area (Å²) in [5.41, 5.74) is 6.55. The summed E-state index contributed by atoms with van der Waals surface area (Å²) >= 11 is 0. The maximum Gasteiger partial charge on any atom is 0.323 e. The van der Waals surface area contributed by atoms with Crippen molar-refractivity contribution in [2.75, 3.05) is 111 Å². The van der Waals surface area contributed by atoms with Gasteiger partial charge in [0.05, 0.1) is 53.6 Å². The Morgan fingerprint density at radius 3 is 1.41 bits per heavy atom. The number of nitrogens with zero attached hydrogens (tertiary/aromatic N) is 9. The monoisotopic (exact) mass is 1600 g/mol. The van der Waals surface area contributed by atoms with Gasteiger partial charge >= 0.3 is 18.1 Å². The molecule has 7 aromatic carbocycles. The quantitative estimate of drug-likeness (QED) is 0.0146. The van der Waals surface area contributed by atoms with Gasteiger partial charge in [-0.1, -0.05) is 102 Å². The number of benzene rings is 7. The summed E-state index contributed by atoms with van der Waals surface area (Å²) < 4.78 is 21.7. The van der Waals surface area contributed by atoms with Crippen LogP contribution in [-0.4, -0.2) is 227 Å². The van der Waals surface area contributed by atoms with E-state index in [-0.39, 0.29) is 62.7 Å². The van der Waals surface area contributed by atoms with E-state index < -0.39 is 52.4 Å². The molecule has 119 heavy (non-hydrogen) atoms. The van der Waals surface area contributed by atoms with Crippen molar-refractivity contribution < 1.29 is 72.4 Å². The smallest absolute Gasteiger partial charge is 0.323 e. The topological polar surface area (TPSA) is 351 Å². The van der Waals surface area contributed by atoms with Crippen molar-refractivity contribution in [2.24, 2.45) is 5.16 Å². The largest absolute Gasteiger partial charge is 0.497 e. The number of likely N-dealkylation sites (N-methyl/N-ethyl adjacent to an activating group) is 1. The average Bonchev–Trinajstić information content (AvgIpc) is 1.45. The molecule has 5 fully saturated rings. The molecule has 30 heteroatoms. The van der Waals surface area contributed by atoms with Crippen molar-refractivity contribution in [3.8, 4) is 69.8 Å². The first-order valence-corrected chi connectivity index (χ1v) is 38.8. The van der Waals surface area contributed by atoms with Gasteiger partial charge in [0.2, 0.25) is 16.6 Å². The number of aliphatic hydroxyl groups is 1. The number of hydrogen-bond acceptors (Lipinski definition) is 20. The molecular formula is C89H85N15O15. The average molecular weight is 1600 g/mol. The number of urea groups is 3. The summed E-state index contributed by atoms with van der Waals surface area (Å²) in [4.78, 5) is 133. The molecular weight excluding hydrogens is 1520 g/mol. The lowest BCUT2D eigenvalue weighted by atomic mass is 9.94. The van der Waals surface area contributed by atoms with Crippen molar-refractivity contribution in [1.82, 2.24) is 66.3 Å². The number of rotatable bonds is 15. The Morgan fingerprint density at radius 2 is 0.983 bits per heavy atom. The van der Waals surface area contributed by atoms with E-state index in [0.717, 1.165) is 102 Å². The van der Waals surface area contributed by atoms with Crippen LogP contribution in [0.25, 0.3) is 11.3 Å².